The van der Waals surface area contributed by atoms with Crippen molar-refractivity contribution in [1.29, 1.82) is 0 Å². The van der Waals surface area contributed by atoms with Crippen LogP contribution in [0.25, 0.3) is 0 Å². The minimum atomic E-state index is 0.303. The van der Waals surface area contributed by atoms with Gasteiger partial charge in [0.15, 0.2) is 0 Å². The Morgan fingerprint density at radius 3 is 2.75 bits per heavy atom. The van der Waals surface area contributed by atoms with E-state index in [1.165, 1.54) is 43.2 Å². The van der Waals surface area contributed by atoms with Crippen LogP contribution < -0.4 is 5.32 Å². The molecule has 1 aromatic carbocycles. The Hall–Kier alpha value is -0.860. The summed E-state index contributed by atoms with van der Waals surface area (Å²) >= 11 is 0. The Morgan fingerprint density at radius 2 is 1.95 bits per heavy atom. The monoisotopic (exact) mass is 273 g/mol. The molecule has 2 aliphatic rings. The summed E-state index contributed by atoms with van der Waals surface area (Å²) in [5.41, 5.74) is 3.29. The predicted octanol–water partition coefficient (Wildman–Crippen LogP) is 3.86. The van der Waals surface area contributed by atoms with E-state index >= 15 is 0 Å². The number of benzene rings is 1. The van der Waals surface area contributed by atoms with Gasteiger partial charge in [0.1, 0.15) is 0 Å². The maximum atomic E-state index is 5.96. The highest BCUT2D eigenvalue weighted by Gasteiger charge is 2.38. The number of hydrogen-bond acceptors (Lipinski definition) is 2. The van der Waals surface area contributed by atoms with E-state index in [2.05, 4.69) is 43.4 Å². The summed E-state index contributed by atoms with van der Waals surface area (Å²) in [6.07, 6.45) is 6.92. The van der Waals surface area contributed by atoms with Crippen LogP contribution in [-0.2, 0) is 11.2 Å². The van der Waals surface area contributed by atoms with Crippen molar-refractivity contribution >= 4 is 0 Å². The van der Waals surface area contributed by atoms with Crippen LogP contribution in [0, 0.1) is 5.41 Å². The van der Waals surface area contributed by atoms with E-state index in [4.69, 9.17) is 4.74 Å². The Morgan fingerprint density at radius 1 is 1.20 bits per heavy atom. The largest absolute Gasteiger partial charge is 0.377 e. The predicted molar refractivity (Wildman–Crippen MR) is 82.9 cm³/mol. The zero-order valence-corrected chi connectivity index (χ0v) is 12.8. The maximum Gasteiger partial charge on any atom is 0.0594 e. The SMILES string of the molecule is CC1(C)Cc2ccccc2C1NCCOC1CCCC1. The van der Waals surface area contributed by atoms with Crippen LogP contribution in [0.5, 0.6) is 0 Å². The smallest absolute Gasteiger partial charge is 0.0594 e. The van der Waals surface area contributed by atoms with Gasteiger partial charge in [-0.3, -0.25) is 0 Å². The third-order valence-corrected chi connectivity index (χ3v) is 4.90. The fraction of sp³-hybridized carbons (Fsp3) is 0.667. The Balaban J connectivity index is 1.53. The van der Waals surface area contributed by atoms with Gasteiger partial charge in [0.05, 0.1) is 12.7 Å². The van der Waals surface area contributed by atoms with E-state index < -0.39 is 0 Å². The van der Waals surface area contributed by atoms with Gasteiger partial charge in [-0.05, 0) is 35.8 Å². The molecule has 2 aliphatic carbocycles. The first kappa shape index (κ1) is 14.1. The minimum absolute atomic E-state index is 0.303. The molecule has 0 aliphatic heterocycles. The van der Waals surface area contributed by atoms with Gasteiger partial charge in [-0.1, -0.05) is 51.0 Å². The molecule has 0 aromatic heterocycles. The second-order valence-electron chi connectivity index (χ2n) is 7.03. The first-order valence-corrected chi connectivity index (χ1v) is 8.09. The number of hydrogen-bond donors (Lipinski definition) is 1. The van der Waals surface area contributed by atoms with Crippen molar-refractivity contribution in [3.05, 3.63) is 35.4 Å². The molecule has 0 saturated heterocycles. The molecule has 0 spiro atoms. The van der Waals surface area contributed by atoms with Crippen molar-refractivity contribution in [3.63, 3.8) is 0 Å². The molecule has 3 rings (SSSR count). The van der Waals surface area contributed by atoms with Crippen molar-refractivity contribution in [2.45, 2.75) is 58.1 Å². The Labute approximate surface area is 122 Å². The molecular weight excluding hydrogens is 246 g/mol. The van der Waals surface area contributed by atoms with Crippen LogP contribution in [-0.4, -0.2) is 19.3 Å². The summed E-state index contributed by atoms with van der Waals surface area (Å²) in [6, 6.07) is 9.32. The molecule has 0 heterocycles. The van der Waals surface area contributed by atoms with E-state index in [0.717, 1.165) is 13.2 Å². The highest BCUT2D eigenvalue weighted by molar-refractivity contribution is 5.37. The molecule has 2 heteroatoms. The van der Waals surface area contributed by atoms with Gasteiger partial charge in [-0.2, -0.15) is 0 Å². The van der Waals surface area contributed by atoms with Crippen LogP contribution in [0.1, 0.15) is 56.7 Å². The lowest BCUT2D eigenvalue weighted by Crippen LogP contribution is -2.33. The molecule has 1 fully saturated rings. The average Bonchev–Trinajstić information content (AvgIpc) is 3.00. The van der Waals surface area contributed by atoms with Gasteiger partial charge in [0, 0.05) is 12.6 Å². The van der Waals surface area contributed by atoms with E-state index in [1.54, 1.807) is 0 Å². The zero-order valence-electron chi connectivity index (χ0n) is 12.8. The minimum Gasteiger partial charge on any atom is -0.377 e. The van der Waals surface area contributed by atoms with Gasteiger partial charge in [0.25, 0.3) is 0 Å². The van der Waals surface area contributed by atoms with Gasteiger partial charge in [-0.25, -0.2) is 0 Å². The van der Waals surface area contributed by atoms with Gasteiger partial charge < -0.3 is 10.1 Å². The lowest BCUT2D eigenvalue weighted by Gasteiger charge is -2.29. The molecular formula is C18H27NO. The molecule has 1 unspecified atom stereocenters. The second kappa shape index (κ2) is 5.87. The van der Waals surface area contributed by atoms with Gasteiger partial charge in [-0.15, -0.1) is 0 Å². The molecule has 1 atom stereocenters. The molecule has 0 amide bonds. The third-order valence-electron chi connectivity index (χ3n) is 4.90. The maximum absolute atomic E-state index is 5.96. The number of nitrogens with one attached hydrogen (secondary N) is 1. The van der Waals surface area contributed by atoms with Crippen LogP contribution >= 0.6 is 0 Å². The first-order chi connectivity index (χ1) is 9.67. The molecule has 2 nitrogen and oxygen atoms in total. The summed E-state index contributed by atoms with van der Waals surface area (Å²) in [5.74, 6) is 0. The van der Waals surface area contributed by atoms with Crippen molar-refractivity contribution in [3.8, 4) is 0 Å². The number of fused-ring (bicyclic) bond motifs is 1. The molecule has 0 bridgehead atoms. The quantitative estimate of drug-likeness (QED) is 0.823. The Kier molecular flexibility index (Phi) is 4.13. The van der Waals surface area contributed by atoms with Crippen LogP contribution in [0.4, 0.5) is 0 Å². The highest BCUT2D eigenvalue weighted by Crippen LogP contribution is 2.44. The van der Waals surface area contributed by atoms with E-state index in [-0.39, 0.29) is 0 Å². The van der Waals surface area contributed by atoms with Crippen molar-refractivity contribution < 1.29 is 4.74 Å². The van der Waals surface area contributed by atoms with Gasteiger partial charge >= 0.3 is 0 Å². The van der Waals surface area contributed by atoms with Crippen molar-refractivity contribution in [2.24, 2.45) is 5.41 Å². The van der Waals surface area contributed by atoms with E-state index in [1.807, 2.05) is 0 Å². The standard InChI is InChI=1S/C18H27NO/c1-18(2)13-14-7-3-6-10-16(14)17(18)19-11-12-20-15-8-4-5-9-15/h3,6-7,10,15,17,19H,4-5,8-9,11-13H2,1-2H3. The lowest BCUT2D eigenvalue weighted by atomic mass is 9.85. The summed E-state index contributed by atoms with van der Waals surface area (Å²) in [4.78, 5) is 0. The fourth-order valence-corrected chi connectivity index (χ4v) is 3.86. The topological polar surface area (TPSA) is 21.3 Å². The second-order valence-corrected chi connectivity index (χ2v) is 7.03. The molecule has 110 valence electrons. The fourth-order valence-electron chi connectivity index (χ4n) is 3.86. The van der Waals surface area contributed by atoms with Crippen molar-refractivity contribution in [1.82, 2.24) is 5.32 Å². The number of ether oxygens (including phenoxy) is 1. The molecule has 1 aromatic rings. The summed E-state index contributed by atoms with van der Waals surface area (Å²) in [6.45, 7) is 6.53. The number of rotatable bonds is 5. The van der Waals surface area contributed by atoms with Crippen LogP contribution in [0.15, 0.2) is 24.3 Å². The van der Waals surface area contributed by atoms with Crippen LogP contribution in [0.2, 0.25) is 0 Å². The highest BCUT2D eigenvalue weighted by atomic mass is 16.5. The molecule has 20 heavy (non-hydrogen) atoms. The van der Waals surface area contributed by atoms with E-state index in [0.29, 0.717) is 17.6 Å². The Bertz CT molecular complexity index is 448. The summed E-state index contributed by atoms with van der Waals surface area (Å²) in [7, 11) is 0. The molecule has 1 saturated carbocycles. The lowest BCUT2D eigenvalue weighted by molar-refractivity contribution is 0.0569. The van der Waals surface area contributed by atoms with Crippen molar-refractivity contribution in [2.75, 3.05) is 13.2 Å². The van der Waals surface area contributed by atoms with Crippen LogP contribution in [0.3, 0.4) is 0 Å². The van der Waals surface area contributed by atoms with Gasteiger partial charge in [0.2, 0.25) is 0 Å². The average molecular weight is 273 g/mol. The zero-order chi connectivity index (χ0) is 14.0. The third kappa shape index (κ3) is 2.91. The van der Waals surface area contributed by atoms with E-state index in [9.17, 15) is 0 Å². The first-order valence-electron chi connectivity index (χ1n) is 8.09. The molecule has 0 radical (unpaired) electrons. The molecule has 1 N–H and O–H groups in total. The normalized spacial score (nSPS) is 25.0. The summed E-state index contributed by atoms with van der Waals surface area (Å²) in [5, 5.41) is 3.73. The summed E-state index contributed by atoms with van der Waals surface area (Å²) < 4.78 is 5.96.